The van der Waals surface area contributed by atoms with Gasteiger partial charge in [0.15, 0.2) is 0 Å². The Labute approximate surface area is 124 Å². The molecule has 0 atom stereocenters. The van der Waals surface area contributed by atoms with Crippen molar-refractivity contribution < 1.29 is 0 Å². The number of hydrogen-bond acceptors (Lipinski definition) is 2. The van der Waals surface area contributed by atoms with Crippen LogP contribution in [0.25, 0.3) is 11.0 Å². The summed E-state index contributed by atoms with van der Waals surface area (Å²) in [6.45, 7) is 0.696. The van der Waals surface area contributed by atoms with Crippen LogP contribution in [0.5, 0.6) is 0 Å². The van der Waals surface area contributed by atoms with Crippen LogP contribution in [0.3, 0.4) is 0 Å². The minimum absolute atomic E-state index is 0.696. The van der Waals surface area contributed by atoms with Crippen LogP contribution in [0, 0.1) is 0 Å². The molecule has 0 fully saturated rings. The minimum Gasteiger partial charge on any atom is -0.380 e. The molecule has 0 radical (unpaired) electrons. The summed E-state index contributed by atoms with van der Waals surface area (Å²) in [5, 5.41) is 5.17. The smallest absolute Gasteiger partial charge is 0.137 e. The van der Waals surface area contributed by atoms with Gasteiger partial charge in [-0.25, -0.2) is 4.98 Å². The Hall–Kier alpha value is -1.52. The van der Waals surface area contributed by atoms with E-state index < -0.39 is 0 Å². The number of hydrogen-bond donors (Lipinski definition) is 2. The van der Waals surface area contributed by atoms with Crippen molar-refractivity contribution in [1.82, 2.24) is 9.97 Å². The van der Waals surface area contributed by atoms with Crippen LogP contribution >= 0.6 is 27.5 Å². The van der Waals surface area contributed by atoms with Crippen molar-refractivity contribution in [2.75, 3.05) is 5.32 Å². The highest BCUT2D eigenvalue weighted by molar-refractivity contribution is 9.10. The molecule has 0 amide bonds. The maximum absolute atomic E-state index is 6.15. The Bertz CT molecular complexity index is 724. The molecule has 0 saturated carbocycles. The van der Waals surface area contributed by atoms with Gasteiger partial charge in [0.25, 0.3) is 0 Å². The lowest BCUT2D eigenvalue weighted by molar-refractivity contribution is 1.16. The minimum atomic E-state index is 0.696. The lowest BCUT2D eigenvalue weighted by atomic mass is 10.2. The van der Waals surface area contributed by atoms with Gasteiger partial charge < -0.3 is 10.3 Å². The van der Waals surface area contributed by atoms with E-state index in [0.717, 1.165) is 21.2 Å². The van der Waals surface area contributed by atoms with Crippen LogP contribution in [-0.4, -0.2) is 9.97 Å². The summed E-state index contributed by atoms with van der Waals surface area (Å²) >= 11 is 9.59. The number of halogens is 2. The fourth-order valence-corrected chi connectivity index (χ4v) is 2.53. The standard InChI is InChI=1S/C14H11BrClN3/c15-10-3-4-12(16)13(6-10)18-7-9-8-19-14-11(9)2-1-5-17-14/h1-6,8,18H,7H2,(H,17,19). The number of rotatable bonds is 3. The Kier molecular flexibility index (Phi) is 3.44. The molecular formula is C14H11BrClN3. The lowest BCUT2D eigenvalue weighted by Crippen LogP contribution is -1.99. The molecule has 3 nitrogen and oxygen atoms in total. The average Bonchev–Trinajstić information content (AvgIpc) is 2.83. The topological polar surface area (TPSA) is 40.7 Å². The summed E-state index contributed by atoms with van der Waals surface area (Å²) in [6, 6.07) is 9.74. The summed E-state index contributed by atoms with van der Waals surface area (Å²) in [5.41, 5.74) is 2.98. The van der Waals surface area contributed by atoms with Crippen LogP contribution in [0.4, 0.5) is 5.69 Å². The van der Waals surface area contributed by atoms with Crippen LogP contribution in [0.2, 0.25) is 5.02 Å². The fourth-order valence-electron chi connectivity index (χ4n) is 1.98. The van der Waals surface area contributed by atoms with Crippen LogP contribution in [0.15, 0.2) is 47.2 Å². The van der Waals surface area contributed by atoms with Crippen LogP contribution in [-0.2, 0) is 6.54 Å². The molecule has 0 unspecified atom stereocenters. The van der Waals surface area contributed by atoms with E-state index in [9.17, 15) is 0 Å². The first-order chi connectivity index (χ1) is 9.24. The van der Waals surface area contributed by atoms with Crippen molar-refractivity contribution in [2.45, 2.75) is 6.54 Å². The van der Waals surface area contributed by atoms with Gasteiger partial charge in [0.2, 0.25) is 0 Å². The predicted molar refractivity (Wildman–Crippen MR) is 82.6 cm³/mol. The van der Waals surface area contributed by atoms with Crippen molar-refractivity contribution in [3.8, 4) is 0 Å². The Morgan fingerprint density at radius 2 is 2.21 bits per heavy atom. The predicted octanol–water partition coefficient (Wildman–Crippen LogP) is 4.59. The maximum Gasteiger partial charge on any atom is 0.137 e. The number of benzene rings is 1. The van der Waals surface area contributed by atoms with Gasteiger partial charge in [-0.1, -0.05) is 27.5 Å². The third kappa shape index (κ3) is 2.60. The van der Waals surface area contributed by atoms with E-state index in [1.54, 1.807) is 6.20 Å². The number of H-pyrrole nitrogens is 1. The van der Waals surface area contributed by atoms with Gasteiger partial charge in [-0.05, 0) is 35.9 Å². The van der Waals surface area contributed by atoms with Crippen molar-refractivity contribution in [3.05, 3.63) is 57.8 Å². The summed E-state index contributed by atoms with van der Waals surface area (Å²) < 4.78 is 1.000. The van der Waals surface area contributed by atoms with Crippen molar-refractivity contribution in [3.63, 3.8) is 0 Å². The van der Waals surface area contributed by atoms with E-state index in [0.29, 0.717) is 11.6 Å². The lowest BCUT2D eigenvalue weighted by Gasteiger charge is -2.08. The molecule has 0 aliphatic heterocycles. The molecule has 19 heavy (non-hydrogen) atoms. The number of pyridine rings is 1. The van der Waals surface area contributed by atoms with Gasteiger partial charge in [-0.2, -0.15) is 0 Å². The average molecular weight is 337 g/mol. The van der Waals surface area contributed by atoms with Crippen LogP contribution in [0.1, 0.15) is 5.56 Å². The summed E-state index contributed by atoms with van der Waals surface area (Å²) in [6.07, 6.45) is 3.75. The molecule has 2 N–H and O–H groups in total. The van der Waals surface area contributed by atoms with Gasteiger partial charge in [0.1, 0.15) is 5.65 Å². The summed E-state index contributed by atoms with van der Waals surface area (Å²) in [5.74, 6) is 0. The quantitative estimate of drug-likeness (QED) is 0.734. The van der Waals surface area contributed by atoms with E-state index >= 15 is 0 Å². The van der Waals surface area contributed by atoms with Gasteiger partial charge in [-0.3, -0.25) is 0 Å². The second-order valence-electron chi connectivity index (χ2n) is 4.19. The summed E-state index contributed by atoms with van der Waals surface area (Å²) in [7, 11) is 0. The number of aromatic nitrogens is 2. The molecule has 3 rings (SSSR count). The number of nitrogens with zero attached hydrogens (tertiary/aromatic N) is 1. The molecule has 2 heterocycles. The Morgan fingerprint density at radius 1 is 1.32 bits per heavy atom. The molecule has 1 aromatic carbocycles. The fraction of sp³-hybridized carbons (Fsp3) is 0.0714. The SMILES string of the molecule is Clc1ccc(Br)cc1NCc1c[nH]c2ncccc12. The van der Waals surface area contributed by atoms with E-state index in [1.807, 2.05) is 30.5 Å². The highest BCUT2D eigenvalue weighted by Crippen LogP contribution is 2.26. The molecule has 96 valence electrons. The molecule has 0 spiro atoms. The molecule has 0 aliphatic carbocycles. The molecule has 3 aromatic rings. The van der Waals surface area contributed by atoms with E-state index in [-0.39, 0.29) is 0 Å². The largest absolute Gasteiger partial charge is 0.380 e. The normalized spacial score (nSPS) is 10.8. The van der Waals surface area contributed by atoms with Crippen molar-refractivity contribution >= 4 is 44.3 Å². The third-order valence-corrected chi connectivity index (χ3v) is 3.76. The highest BCUT2D eigenvalue weighted by Gasteiger charge is 2.05. The van der Waals surface area contributed by atoms with Crippen molar-refractivity contribution in [1.29, 1.82) is 0 Å². The molecule has 5 heteroatoms. The second-order valence-corrected chi connectivity index (χ2v) is 5.51. The van der Waals surface area contributed by atoms with Gasteiger partial charge in [-0.15, -0.1) is 0 Å². The van der Waals surface area contributed by atoms with E-state index in [2.05, 4.69) is 37.3 Å². The van der Waals surface area contributed by atoms with Gasteiger partial charge in [0.05, 0.1) is 10.7 Å². The first-order valence-electron chi connectivity index (χ1n) is 5.84. The summed E-state index contributed by atoms with van der Waals surface area (Å²) in [4.78, 5) is 7.43. The monoisotopic (exact) mass is 335 g/mol. The van der Waals surface area contributed by atoms with E-state index in [1.165, 1.54) is 5.56 Å². The number of fused-ring (bicyclic) bond motifs is 1. The van der Waals surface area contributed by atoms with E-state index in [4.69, 9.17) is 11.6 Å². The molecule has 0 aliphatic rings. The van der Waals surface area contributed by atoms with Gasteiger partial charge in [0, 0.05) is 28.8 Å². The number of aromatic amines is 1. The Balaban J connectivity index is 1.84. The Morgan fingerprint density at radius 3 is 3.11 bits per heavy atom. The number of anilines is 1. The molecule has 2 aromatic heterocycles. The van der Waals surface area contributed by atoms with Gasteiger partial charge >= 0.3 is 0 Å². The number of nitrogens with one attached hydrogen (secondary N) is 2. The van der Waals surface area contributed by atoms with Crippen molar-refractivity contribution in [2.24, 2.45) is 0 Å². The maximum atomic E-state index is 6.15. The first kappa shape index (κ1) is 12.5. The highest BCUT2D eigenvalue weighted by atomic mass is 79.9. The first-order valence-corrected chi connectivity index (χ1v) is 7.01. The zero-order valence-corrected chi connectivity index (χ0v) is 12.3. The zero-order chi connectivity index (χ0) is 13.2. The molecule has 0 bridgehead atoms. The third-order valence-electron chi connectivity index (χ3n) is 2.93. The second kappa shape index (κ2) is 5.23. The molecule has 0 saturated heterocycles. The zero-order valence-electron chi connectivity index (χ0n) is 9.95. The molecular weight excluding hydrogens is 326 g/mol. The van der Waals surface area contributed by atoms with Crippen LogP contribution < -0.4 is 5.32 Å².